The SMILES string of the molecule is O=P(c1ccc2oc3ccc(-c4ccc5oc6ccc(-c7ccccc7)cc6c5c4)cc3c2c1)(c1cccc2ccccc12)c1cccc2ccccc12. The summed E-state index contributed by atoms with van der Waals surface area (Å²) in [6, 6.07) is 64.5. The molecule has 0 saturated heterocycles. The van der Waals surface area contributed by atoms with Gasteiger partial charge in [0.1, 0.15) is 22.3 Å². The predicted octanol–water partition coefficient (Wildman–Crippen LogP) is 12.8. The van der Waals surface area contributed by atoms with Gasteiger partial charge >= 0.3 is 0 Å². The fourth-order valence-corrected chi connectivity index (χ4v) is 11.4. The van der Waals surface area contributed by atoms with Crippen LogP contribution >= 0.6 is 7.14 Å². The summed E-state index contributed by atoms with van der Waals surface area (Å²) in [6.45, 7) is 0. The maximum Gasteiger partial charge on any atom is 0.172 e. The van der Waals surface area contributed by atoms with Gasteiger partial charge in [-0.05, 0) is 98.4 Å². The Kier molecular flexibility index (Phi) is 6.83. The molecule has 0 radical (unpaired) electrons. The smallest absolute Gasteiger partial charge is 0.172 e. The average molecular weight is 711 g/mol. The van der Waals surface area contributed by atoms with Gasteiger partial charge in [0.2, 0.25) is 0 Å². The quantitative estimate of drug-likeness (QED) is 0.167. The lowest BCUT2D eigenvalue weighted by Gasteiger charge is -2.23. The molecule has 3 nitrogen and oxygen atoms in total. The van der Waals surface area contributed by atoms with Crippen molar-refractivity contribution < 1.29 is 13.4 Å². The second-order valence-electron chi connectivity index (χ2n) is 14.0. The van der Waals surface area contributed by atoms with Crippen molar-refractivity contribution in [3.05, 3.63) is 188 Å². The summed E-state index contributed by atoms with van der Waals surface area (Å²) in [5.74, 6) is 0. The van der Waals surface area contributed by atoms with Gasteiger partial charge < -0.3 is 13.4 Å². The van der Waals surface area contributed by atoms with Crippen molar-refractivity contribution in [2.24, 2.45) is 0 Å². The summed E-state index contributed by atoms with van der Waals surface area (Å²) < 4.78 is 29.0. The highest BCUT2D eigenvalue weighted by Crippen LogP contribution is 2.47. The minimum atomic E-state index is -3.42. The highest BCUT2D eigenvalue weighted by Gasteiger charge is 2.33. The van der Waals surface area contributed by atoms with E-state index >= 15 is 4.57 Å². The Bertz CT molecular complexity index is 3220. The van der Waals surface area contributed by atoms with Gasteiger partial charge in [-0.2, -0.15) is 0 Å². The second-order valence-corrected chi connectivity index (χ2v) is 16.7. The zero-order chi connectivity index (χ0) is 35.8. The maximum atomic E-state index is 16.3. The highest BCUT2D eigenvalue weighted by atomic mass is 31.2. The summed E-state index contributed by atoms with van der Waals surface area (Å²) in [6.07, 6.45) is 0. The largest absolute Gasteiger partial charge is 0.456 e. The van der Waals surface area contributed by atoms with Gasteiger partial charge in [0, 0.05) is 37.5 Å². The van der Waals surface area contributed by atoms with Crippen molar-refractivity contribution in [1.82, 2.24) is 0 Å². The van der Waals surface area contributed by atoms with Gasteiger partial charge in [0.05, 0.1) is 0 Å². The molecule has 0 bridgehead atoms. The Labute approximate surface area is 311 Å². The van der Waals surface area contributed by atoms with E-state index in [2.05, 4.69) is 115 Å². The van der Waals surface area contributed by atoms with Crippen LogP contribution in [0, 0.1) is 0 Å². The van der Waals surface area contributed by atoms with E-state index in [1.54, 1.807) is 0 Å². The third-order valence-corrected chi connectivity index (χ3v) is 14.1. The number of hydrogen-bond acceptors (Lipinski definition) is 3. The number of hydrogen-bond donors (Lipinski definition) is 0. The van der Waals surface area contributed by atoms with E-state index in [-0.39, 0.29) is 0 Å². The Balaban J connectivity index is 1.10. The Morgan fingerprint density at radius 1 is 0.315 bits per heavy atom. The molecule has 254 valence electrons. The molecule has 0 aliphatic carbocycles. The fourth-order valence-electron chi connectivity index (χ4n) is 8.28. The third-order valence-electron chi connectivity index (χ3n) is 10.9. The van der Waals surface area contributed by atoms with Gasteiger partial charge in [-0.1, -0.05) is 133 Å². The summed E-state index contributed by atoms with van der Waals surface area (Å²) >= 11 is 0. The normalized spacial score (nSPS) is 12.1. The standard InChI is InChI=1S/C50H31O3P/c51-54(49-18-8-14-33-12-4-6-16-39(33)49,50-19-9-15-34-13-5-7-17-40(34)50)38-23-27-48-44(31-38)43-30-37(22-26-47(43)53-48)36-21-25-46-42(29-36)41-28-35(20-24-45(41)52-46)32-10-2-1-3-11-32/h1-31H. The van der Waals surface area contributed by atoms with Crippen LogP contribution in [0.15, 0.2) is 197 Å². The number of fused-ring (bicyclic) bond motifs is 8. The van der Waals surface area contributed by atoms with Crippen molar-refractivity contribution in [2.45, 2.75) is 0 Å². The van der Waals surface area contributed by atoms with Crippen molar-refractivity contribution in [2.75, 3.05) is 0 Å². The first-order valence-corrected chi connectivity index (χ1v) is 19.9. The van der Waals surface area contributed by atoms with E-state index in [0.717, 1.165) is 98.0 Å². The van der Waals surface area contributed by atoms with Gasteiger partial charge in [-0.15, -0.1) is 0 Å². The summed E-state index contributed by atoms with van der Waals surface area (Å²) in [4.78, 5) is 0. The van der Waals surface area contributed by atoms with Crippen LogP contribution in [0.4, 0.5) is 0 Å². The lowest BCUT2D eigenvalue weighted by molar-refractivity contribution is 0.593. The molecule has 0 saturated carbocycles. The molecule has 0 spiro atoms. The minimum Gasteiger partial charge on any atom is -0.456 e. The van der Waals surface area contributed by atoms with Crippen LogP contribution < -0.4 is 15.9 Å². The van der Waals surface area contributed by atoms with Crippen LogP contribution in [0.3, 0.4) is 0 Å². The van der Waals surface area contributed by atoms with E-state index in [4.69, 9.17) is 8.83 Å². The third kappa shape index (κ3) is 4.72. The van der Waals surface area contributed by atoms with Crippen molar-refractivity contribution in [1.29, 1.82) is 0 Å². The zero-order valence-electron chi connectivity index (χ0n) is 29.1. The first-order chi connectivity index (χ1) is 26.6. The van der Waals surface area contributed by atoms with E-state index < -0.39 is 7.14 Å². The fraction of sp³-hybridized carbons (Fsp3) is 0. The van der Waals surface area contributed by atoms with Crippen LogP contribution in [0.2, 0.25) is 0 Å². The molecule has 2 aromatic heterocycles. The molecule has 2 heterocycles. The molecular formula is C50H31O3P. The van der Waals surface area contributed by atoms with Crippen LogP contribution in [0.5, 0.6) is 0 Å². The summed E-state index contributed by atoms with van der Waals surface area (Å²) in [7, 11) is -3.42. The van der Waals surface area contributed by atoms with Crippen LogP contribution in [0.1, 0.15) is 0 Å². The van der Waals surface area contributed by atoms with Crippen molar-refractivity contribution in [3.8, 4) is 22.3 Å². The van der Waals surface area contributed by atoms with E-state index in [1.165, 1.54) is 5.56 Å². The van der Waals surface area contributed by atoms with Crippen molar-refractivity contribution >= 4 is 88.5 Å². The molecule has 11 aromatic rings. The molecular weight excluding hydrogens is 680 g/mol. The minimum absolute atomic E-state index is 0.762. The first kappa shape index (κ1) is 30.9. The highest BCUT2D eigenvalue weighted by molar-refractivity contribution is 7.86. The van der Waals surface area contributed by atoms with Gasteiger partial charge in [0.25, 0.3) is 0 Å². The topological polar surface area (TPSA) is 43.4 Å². The summed E-state index contributed by atoms with van der Waals surface area (Å²) in [5, 5.41) is 10.6. The van der Waals surface area contributed by atoms with Gasteiger partial charge in [-0.3, -0.25) is 0 Å². The predicted molar refractivity (Wildman–Crippen MR) is 226 cm³/mol. The maximum absolute atomic E-state index is 16.3. The van der Waals surface area contributed by atoms with Gasteiger partial charge in [-0.25, -0.2) is 0 Å². The molecule has 54 heavy (non-hydrogen) atoms. The Morgan fingerprint density at radius 3 is 1.24 bits per heavy atom. The zero-order valence-corrected chi connectivity index (χ0v) is 30.0. The van der Waals surface area contributed by atoms with Crippen LogP contribution in [0.25, 0.3) is 87.7 Å². The Hall–Kier alpha value is -6.67. The first-order valence-electron chi connectivity index (χ1n) is 18.2. The van der Waals surface area contributed by atoms with E-state index in [9.17, 15) is 0 Å². The number of rotatable bonds is 5. The molecule has 0 fully saturated rings. The van der Waals surface area contributed by atoms with Crippen LogP contribution in [-0.2, 0) is 4.57 Å². The molecule has 0 unspecified atom stereocenters. The molecule has 9 aromatic carbocycles. The number of furan rings is 2. The molecule has 0 atom stereocenters. The molecule has 4 heteroatoms. The van der Waals surface area contributed by atoms with Crippen LogP contribution in [-0.4, -0.2) is 0 Å². The number of benzene rings is 9. The lowest BCUT2D eigenvalue weighted by Crippen LogP contribution is -2.26. The average Bonchev–Trinajstić information content (AvgIpc) is 3.80. The summed E-state index contributed by atoms with van der Waals surface area (Å²) in [5.41, 5.74) is 7.76. The Morgan fingerprint density at radius 2 is 0.722 bits per heavy atom. The molecule has 0 N–H and O–H groups in total. The molecule has 0 amide bonds. The second kappa shape index (κ2) is 11.9. The molecule has 0 aliphatic heterocycles. The monoisotopic (exact) mass is 710 g/mol. The van der Waals surface area contributed by atoms with Gasteiger partial charge in [0.15, 0.2) is 7.14 Å². The van der Waals surface area contributed by atoms with Crippen molar-refractivity contribution in [3.63, 3.8) is 0 Å². The lowest BCUT2D eigenvalue weighted by atomic mass is 9.99. The van der Waals surface area contributed by atoms with E-state index in [0.29, 0.717) is 0 Å². The molecule has 0 aliphatic rings. The molecule has 11 rings (SSSR count). The van der Waals surface area contributed by atoms with E-state index in [1.807, 2.05) is 72.8 Å².